The summed E-state index contributed by atoms with van der Waals surface area (Å²) in [5.74, 6) is 0.528. The molecule has 5 nitrogen and oxygen atoms in total. The number of ether oxygens (including phenoxy) is 2. The van der Waals surface area contributed by atoms with E-state index in [0.717, 1.165) is 26.1 Å². The molecule has 0 radical (unpaired) electrons. The molecule has 8 heteroatoms. The zero-order valence-corrected chi connectivity index (χ0v) is 20.1. The van der Waals surface area contributed by atoms with E-state index in [-0.39, 0.29) is 35.3 Å². The summed E-state index contributed by atoms with van der Waals surface area (Å²) in [5, 5.41) is 6.51. The van der Waals surface area contributed by atoms with E-state index in [1.807, 2.05) is 32.9 Å². The zero-order valence-electron chi connectivity index (χ0n) is 17.7. The molecule has 2 aliphatic rings. The Hall–Kier alpha value is -2.03. The summed E-state index contributed by atoms with van der Waals surface area (Å²) in [6, 6.07) is 10.1. The lowest BCUT2D eigenvalue weighted by Gasteiger charge is -2.35. The van der Waals surface area contributed by atoms with E-state index in [4.69, 9.17) is 9.47 Å². The number of nitrogens with one attached hydrogen (secondary N) is 2. The Kier molecular flexibility index (Phi) is 6.32. The predicted octanol–water partition coefficient (Wildman–Crippen LogP) is 5.22. The second-order valence-corrected chi connectivity index (χ2v) is 10.0. The Morgan fingerprint density at radius 2 is 1.90 bits per heavy atom. The van der Waals surface area contributed by atoms with Gasteiger partial charge in [-0.05, 0) is 82.6 Å². The van der Waals surface area contributed by atoms with Crippen molar-refractivity contribution in [3.8, 4) is 11.5 Å². The molecule has 2 aromatic rings. The van der Waals surface area contributed by atoms with Gasteiger partial charge in [-0.15, -0.1) is 11.8 Å². The molecule has 0 bridgehead atoms. The highest BCUT2D eigenvalue weighted by Gasteiger charge is 2.44. The van der Waals surface area contributed by atoms with Crippen molar-refractivity contribution in [3.63, 3.8) is 0 Å². The van der Waals surface area contributed by atoms with Gasteiger partial charge in [0.05, 0.1) is 29.0 Å². The number of methoxy groups -OCH3 is 1. The third-order valence-corrected chi connectivity index (χ3v) is 7.12. The topological polar surface area (TPSA) is 59.6 Å². The van der Waals surface area contributed by atoms with Crippen LogP contribution < -0.4 is 20.1 Å². The first-order valence-corrected chi connectivity index (χ1v) is 11.7. The normalized spacial score (nSPS) is 23.1. The van der Waals surface area contributed by atoms with E-state index in [1.54, 1.807) is 31.0 Å². The van der Waals surface area contributed by atoms with Crippen LogP contribution in [0.4, 0.5) is 4.39 Å². The van der Waals surface area contributed by atoms with E-state index in [2.05, 4.69) is 26.6 Å². The van der Waals surface area contributed by atoms with Crippen LogP contribution in [0.2, 0.25) is 0 Å². The molecule has 2 aromatic carbocycles. The molecule has 3 atom stereocenters. The molecule has 0 aliphatic carbocycles. The van der Waals surface area contributed by atoms with Crippen molar-refractivity contribution >= 4 is 39.2 Å². The number of benzene rings is 2. The second kappa shape index (κ2) is 8.84. The van der Waals surface area contributed by atoms with Gasteiger partial charge in [0.1, 0.15) is 12.0 Å². The molecule has 1 saturated heterocycles. The van der Waals surface area contributed by atoms with E-state index < -0.39 is 0 Å². The average molecular weight is 507 g/mol. The van der Waals surface area contributed by atoms with Gasteiger partial charge in [-0.2, -0.15) is 0 Å². The van der Waals surface area contributed by atoms with Crippen LogP contribution in [-0.2, 0) is 4.79 Å². The molecule has 4 rings (SSSR count). The van der Waals surface area contributed by atoms with E-state index in [0.29, 0.717) is 11.5 Å². The average Bonchev–Trinajstić information content (AvgIpc) is 3.06. The number of carbonyl (C=O) groups is 1. The number of halogens is 2. The lowest BCUT2D eigenvalue weighted by atomic mass is 9.89. The summed E-state index contributed by atoms with van der Waals surface area (Å²) in [5.41, 5.74) is 2.67. The number of thioether (sulfide) groups is 1. The molecule has 1 fully saturated rings. The van der Waals surface area contributed by atoms with Crippen molar-refractivity contribution in [2.75, 3.05) is 7.11 Å². The SMILES string of the molecule is COc1cc(C2NC(=O)C3C(c4ccc(F)cc4)=C(C)SC3N2)cc(Br)c1OC(C)C. The fourth-order valence-corrected chi connectivity index (χ4v) is 5.88. The number of rotatable bonds is 5. The van der Waals surface area contributed by atoms with Crippen molar-refractivity contribution in [2.24, 2.45) is 5.92 Å². The van der Waals surface area contributed by atoms with Gasteiger partial charge in [0.2, 0.25) is 5.91 Å². The number of hydrogen-bond acceptors (Lipinski definition) is 5. The summed E-state index contributed by atoms with van der Waals surface area (Å²) < 4.78 is 25.5. The quantitative estimate of drug-likeness (QED) is 0.581. The molecule has 2 N–H and O–H groups in total. The van der Waals surface area contributed by atoms with Crippen molar-refractivity contribution in [1.82, 2.24) is 10.6 Å². The number of allylic oxidation sites excluding steroid dienone is 1. The number of hydrogen-bond donors (Lipinski definition) is 2. The van der Waals surface area contributed by atoms with Crippen LogP contribution in [0.3, 0.4) is 0 Å². The maximum absolute atomic E-state index is 13.4. The molecule has 164 valence electrons. The fourth-order valence-electron chi connectivity index (χ4n) is 3.98. The summed E-state index contributed by atoms with van der Waals surface area (Å²) in [6.07, 6.45) is -0.377. The van der Waals surface area contributed by atoms with Gasteiger partial charge in [0, 0.05) is 0 Å². The molecule has 0 aromatic heterocycles. The number of amides is 1. The minimum absolute atomic E-state index is 0.00172. The minimum Gasteiger partial charge on any atom is -0.493 e. The maximum Gasteiger partial charge on any atom is 0.231 e. The highest BCUT2D eigenvalue weighted by atomic mass is 79.9. The molecule has 2 heterocycles. The van der Waals surface area contributed by atoms with E-state index in [9.17, 15) is 9.18 Å². The van der Waals surface area contributed by atoms with Crippen LogP contribution in [0.5, 0.6) is 11.5 Å². The molecule has 0 saturated carbocycles. The van der Waals surface area contributed by atoms with Crippen LogP contribution in [0.25, 0.3) is 5.57 Å². The molecular formula is C23H24BrFN2O3S. The highest BCUT2D eigenvalue weighted by Crippen LogP contribution is 2.48. The van der Waals surface area contributed by atoms with Gasteiger partial charge in [-0.3, -0.25) is 10.1 Å². The van der Waals surface area contributed by atoms with Crippen LogP contribution in [0.1, 0.15) is 38.1 Å². The van der Waals surface area contributed by atoms with Crippen LogP contribution >= 0.6 is 27.7 Å². The third kappa shape index (κ3) is 4.33. The standard InChI is InChI=1S/C23H24BrFN2O3S/c1-11(2)30-20-16(24)9-14(10-17(20)29-4)21-26-22(28)19-18(12(3)31-23(19)27-21)13-5-7-15(25)8-6-13/h5-11,19,21,23,27H,1-4H3,(H,26,28). The van der Waals surface area contributed by atoms with Crippen molar-refractivity contribution in [3.05, 3.63) is 62.7 Å². The van der Waals surface area contributed by atoms with Gasteiger partial charge < -0.3 is 14.8 Å². The van der Waals surface area contributed by atoms with Gasteiger partial charge in [-0.25, -0.2) is 4.39 Å². The minimum atomic E-state index is -0.375. The molecular weight excluding hydrogens is 483 g/mol. The second-order valence-electron chi connectivity index (χ2n) is 7.80. The van der Waals surface area contributed by atoms with Crippen molar-refractivity contribution < 1.29 is 18.7 Å². The highest BCUT2D eigenvalue weighted by molar-refractivity contribution is 9.10. The summed E-state index contributed by atoms with van der Waals surface area (Å²) in [6.45, 7) is 5.91. The molecule has 31 heavy (non-hydrogen) atoms. The van der Waals surface area contributed by atoms with Crippen molar-refractivity contribution in [2.45, 2.75) is 38.4 Å². The largest absolute Gasteiger partial charge is 0.493 e. The molecule has 3 unspecified atom stereocenters. The number of carbonyl (C=O) groups excluding carboxylic acids is 1. The summed E-state index contributed by atoms with van der Waals surface area (Å²) in [4.78, 5) is 14.2. The van der Waals surface area contributed by atoms with Crippen LogP contribution in [0.15, 0.2) is 45.8 Å². The van der Waals surface area contributed by atoms with Gasteiger partial charge in [0.25, 0.3) is 0 Å². The first-order valence-electron chi connectivity index (χ1n) is 10.0. The first-order chi connectivity index (χ1) is 14.8. The number of fused-ring (bicyclic) bond motifs is 1. The smallest absolute Gasteiger partial charge is 0.231 e. The van der Waals surface area contributed by atoms with Crippen molar-refractivity contribution in [1.29, 1.82) is 0 Å². The monoisotopic (exact) mass is 506 g/mol. The van der Waals surface area contributed by atoms with Gasteiger partial charge >= 0.3 is 0 Å². The molecule has 0 spiro atoms. The Bertz CT molecular complexity index is 1040. The van der Waals surface area contributed by atoms with Gasteiger partial charge in [0.15, 0.2) is 11.5 Å². The van der Waals surface area contributed by atoms with Gasteiger partial charge in [-0.1, -0.05) is 12.1 Å². The third-order valence-electron chi connectivity index (χ3n) is 5.29. The predicted molar refractivity (Wildman–Crippen MR) is 124 cm³/mol. The van der Waals surface area contributed by atoms with E-state index in [1.165, 1.54) is 12.1 Å². The summed E-state index contributed by atoms with van der Waals surface area (Å²) >= 11 is 5.20. The van der Waals surface area contributed by atoms with Crippen LogP contribution in [0, 0.1) is 11.7 Å². The molecule has 2 aliphatic heterocycles. The Balaban J connectivity index is 1.60. The Morgan fingerprint density at radius 1 is 1.19 bits per heavy atom. The summed E-state index contributed by atoms with van der Waals surface area (Å²) in [7, 11) is 1.59. The fraction of sp³-hybridized carbons (Fsp3) is 0.348. The Morgan fingerprint density at radius 3 is 2.55 bits per heavy atom. The van der Waals surface area contributed by atoms with E-state index >= 15 is 0 Å². The molecule has 1 amide bonds. The first kappa shape index (κ1) is 22.2. The lowest BCUT2D eigenvalue weighted by molar-refractivity contribution is -0.126. The Labute approximate surface area is 193 Å². The lowest BCUT2D eigenvalue weighted by Crippen LogP contribution is -2.54. The maximum atomic E-state index is 13.4. The van der Waals surface area contributed by atoms with Crippen LogP contribution in [-0.4, -0.2) is 24.5 Å². The zero-order chi connectivity index (χ0) is 22.3.